The molecule has 0 spiro atoms. The minimum atomic E-state index is -3.21. The van der Waals surface area contributed by atoms with E-state index >= 15 is 0 Å². The van der Waals surface area contributed by atoms with Crippen molar-refractivity contribution in [3.63, 3.8) is 0 Å². The molecule has 5 nitrogen and oxygen atoms in total. The van der Waals surface area contributed by atoms with Gasteiger partial charge in [-0.05, 0) is 6.92 Å². The zero-order valence-corrected chi connectivity index (χ0v) is 9.22. The third-order valence-corrected chi connectivity index (χ3v) is 4.55. The van der Waals surface area contributed by atoms with Gasteiger partial charge in [-0.2, -0.15) is 0 Å². The van der Waals surface area contributed by atoms with Crippen LogP contribution in [0.3, 0.4) is 0 Å². The molecule has 0 aliphatic rings. The van der Waals surface area contributed by atoms with Crippen LogP contribution in [0.5, 0.6) is 0 Å². The standard InChI is InChI=1S/C7H9NO4S2/c1-4(14(2,11)12)6-8-3-5(13-6)7(9)10/h3-4H,1-2H3,(H,9,10). The van der Waals surface area contributed by atoms with Gasteiger partial charge in [-0.3, -0.25) is 0 Å². The summed E-state index contributed by atoms with van der Waals surface area (Å²) >= 11 is 0.886. The number of rotatable bonds is 3. The van der Waals surface area contributed by atoms with Gasteiger partial charge in [0.1, 0.15) is 15.1 Å². The lowest BCUT2D eigenvalue weighted by molar-refractivity contribution is 0.0702. The molecule has 1 rings (SSSR count). The van der Waals surface area contributed by atoms with Crippen LogP contribution < -0.4 is 0 Å². The number of aromatic carboxylic acids is 1. The lowest BCUT2D eigenvalue weighted by Gasteiger charge is -2.03. The summed E-state index contributed by atoms with van der Waals surface area (Å²) in [5, 5.41) is 8.16. The highest BCUT2D eigenvalue weighted by molar-refractivity contribution is 7.91. The number of carboxylic acid groups (broad SMARTS) is 1. The molecule has 0 aliphatic heterocycles. The number of carboxylic acids is 1. The molecule has 7 heteroatoms. The van der Waals surface area contributed by atoms with Gasteiger partial charge in [-0.15, -0.1) is 11.3 Å². The molecule has 1 N–H and O–H groups in total. The van der Waals surface area contributed by atoms with Gasteiger partial charge in [0.15, 0.2) is 9.84 Å². The van der Waals surface area contributed by atoms with Crippen molar-refractivity contribution in [3.05, 3.63) is 16.1 Å². The fourth-order valence-corrected chi connectivity index (χ4v) is 2.54. The highest BCUT2D eigenvalue weighted by Gasteiger charge is 2.21. The SMILES string of the molecule is CC(c1ncc(C(=O)O)s1)S(C)(=O)=O. The molecule has 14 heavy (non-hydrogen) atoms. The van der Waals surface area contributed by atoms with Crippen molar-refractivity contribution < 1.29 is 18.3 Å². The molecule has 1 aromatic rings. The molecule has 0 aromatic carbocycles. The van der Waals surface area contributed by atoms with Crippen LogP contribution in [0.15, 0.2) is 6.20 Å². The Bertz CT molecular complexity index is 448. The average Bonchev–Trinajstić information content (AvgIpc) is 2.48. The molecule has 1 aromatic heterocycles. The minimum absolute atomic E-state index is 0.0514. The number of hydrogen-bond acceptors (Lipinski definition) is 5. The molecule has 0 bridgehead atoms. The maximum atomic E-state index is 11.1. The number of sulfone groups is 1. The van der Waals surface area contributed by atoms with Crippen molar-refractivity contribution in [2.24, 2.45) is 0 Å². The summed E-state index contributed by atoms with van der Waals surface area (Å²) in [4.78, 5) is 14.3. The Morgan fingerprint density at radius 2 is 2.21 bits per heavy atom. The first-order chi connectivity index (χ1) is 6.32. The molecule has 0 radical (unpaired) electrons. The molecule has 78 valence electrons. The summed E-state index contributed by atoms with van der Waals surface area (Å²) in [6.07, 6.45) is 2.27. The van der Waals surface area contributed by atoms with Gasteiger partial charge >= 0.3 is 5.97 Å². The van der Waals surface area contributed by atoms with Gasteiger partial charge < -0.3 is 5.11 Å². The van der Waals surface area contributed by atoms with E-state index in [9.17, 15) is 13.2 Å². The lowest BCUT2D eigenvalue weighted by atomic mass is 10.5. The smallest absolute Gasteiger partial charge is 0.347 e. The Kier molecular flexibility index (Phi) is 2.91. The number of thiazole rings is 1. The third-order valence-electron chi connectivity index (χ3n) is 1.72. The van der Waals surface area contributed by atoms with Crippen LogP contribution in [-0.2, 0) is 9.84 Å². The third kappa shape index (κ3) is 2.30. The Hall–Kier alpha value is -0.950. The van der Waals surface area contributed by atoms with Crippen molar-refractivity contribution >= 4 is 27.1 Å². The summed E-state index contributed by atoms with van der Waals surface area (Å²) in [6.45, 7) is 1.49. The normalized spacial score (nSPS) is 13.9. The van der Waals surface area contributed by atoms with E-state index in [0.717, 1.165) is 17.6 Å². The van der Waals surface area contributed by atoms with E-state index in [1.807, 2.05) is 0 Å². The lowest BCUT2D eigenvalue weighted by Crippen LogP contribution is -2.06. The second-order valence-corrected chi connectivity index (χ2v) is 6.27. The molecule has 0 saturated heterocycles. The van der Waals surface area contributed by atoms with Crippen LogP contribution in [0.4, 0.5) is 0 Å². The molecule has 1 heterocycles. The Balaban J connectivity index is 3.04. The highest BCUT2D eigenvalue weighted by Crippen LogP contribution is 2.25. The van der Waals surface area contributed by atoms with Crippen LogP contribution in [0.25, 0.3) is 0 Å². The number of hydrogen-bond donors (Lipinski definition) is 1. The molecular formula is C7H9NO4S2. The van der Waals surface area contributed by atoms with E-state index in [4.69, 9.17) is 5.11 Å². The maximum Gasteiger partial charge on any atom is 0.347 e. The van der Waals surface area contributed by atoms with Gasteiger partial charge in [0.25, 0.3) is 0 Å². The predicted octanol–water partition coefficient (Wildman–Crippen LogP) is 0.947. The van der Waals surface area contributed by atoms with E-state index in [2.05, 4.69) is 4.98 Å². The molecule has 1 atom stereocenters. The summed E-state index contributed by atoms with van der Waals surface area (Å²) in [7, 11) is -3.21. The minimum Gasteiger partial charge on any atom is -0.477 e. The van der Waals surface area contributed by atoms with Crippen LogP contribution in [0.2, 0.25) is 0 Å². The quantitative estimate of drug-likeness (QED) is 0.843. The van der Waals surface area contributed by atoms with E-state index < -0.39 is 21.1 Å². The molecule has 0 aliphatic carbocycles. The highest BCUT2D eigenvalue weighted by atomic mass is 32.2. The fourth-order valence-electron chi connectivity index (χ4n) is 0.758. The van der Waals surface area contributed by atoms with Crippen molar-refractivity contribution in [2.45, 2.75) is 12.2 Å². The summed E-state index contributed by atoms with van der Waals surface area (Å²) < 4.78 is 22.3. The van der Waals surface area contributed by atoms with Gasteiger partial charge in [-0.25, -0.2) is 18.2 Å². The Labute approximate surface area is 85.3 Å². The molecule has 1 unspecified atom stereocenters. The van der Waals surface area contributed by atoms with Crippen molar-refractivity contribution in [2.75, 3.05) is 6.26 Å². The second-order valence-electron chi connectivity index (χ2n) is 2.84. The number of carbonyl (C=O) groups is 1. The summed E-state index contributed by atoms with van der Waals surface area (Å²) in [6, 6.07) is 0. The molecule has 0 saturated carbocycles. The van der Waals surface area contributed by atoms with Gasteiger partial charge in [-0.1, -0.05) is 0 Å². The second kappa shape index (κ2) is 3.66. The van der Waals surface area contributed by atoms with Crippen LogP contribution >= 0.6 is 11.3 Å². The number of aromatic nitrogens is 1. The van der Waals surface area contributed by atoms with E-state index in [1.54, 1.807) is 0 Å². The average molecular weight is 235 g/mol. The van der Waals surface area contributed by atoms with Gasteiger partial charge in [0.05, 0.1) is 6.20 Å². The van der Waals surface area contributed by atoms with E-state index in [1.165, 1.54) is 13.1 Å². The first-order valence-corrected chi connectivity index (χ1v) is 6.47. The zero-order chi connectivity index (χ0) is 10.9. The molecular weight excluding hydrogens is 226 g/mol. The number of nitrogens with zero attached hydrogens (tertiary/aromatic N) is 1. The largest absolute Gasteiger partial charge is 0.477 e. The van der Waals surface area contributed by atoms with Gasteiger partial charge in [0, 0.05) is 6.26 Å². The van der Waals surface area contributed by atoms with E-state index in [0.29, 0.717) is 5.01 Å². The van der Waals surface area contributed by atoms with Crippen molar-refractivity contribution in [1.82, 2.24) is 4.98 Å². The predicted molar refractivity (Wildman–Crippen MR) is 52.3 cm³/mol. The van der Waals surface area contributed by atoms with Crippen LogP contribution in [0, 0.1) is 0 Å². The fraction of sp³-hybridized carbons (Fsp3) is 0.429. The first-order valence-electron chi connectivity index (χ1n) is 3.70. The zero-order valence-electron chi connectivity index (χ0n) is 7.59. The Morgan fingerprint density at radius 1 is 1.64 bits per heavy atom. The summed E-state index contributed by atoms with van der Waals surface area (Å²) in [5.41, 5.74) is 0. The van der Waals surface area contributed by atoms with E-state index in [-0.39, 0.29) is 4.88 Å². The van der Waals surface area contributed by atoms with Crippen LogP contribution in [-0.4, -0.2) is 30.7 Å². The monoisotopic (exact) mass is 235 g/mol. The van der Waals surface area contributed by atoms with Crippen molar-refractivity contribution in [1.29, 1.82) is 0 Å². The van der Waals surface area contributed by atoms with Gasteiger partial charge in [0.2, 0.25) is 0 Å². The summed E-state index contributed by atoms with van der Waals surface area (Å²) in [5.74, 6) is -1.09. The molecule has 0 fully saturated rings. The van der Waals surface area contributed by atoms with Crippen molar-refractivity contribution in [3.8, 4) is 0 Å². The first kappa shape index (κ1) is 11.1. The maximum absolute atomic E-state index is 11.1. The Morgan fingerprint density at radius 3 is 2.57 bits per heavy atom. The van der Waals surface area contributed by atoms with Crippen LogP contribution in [0.1, 0.15) is 26.9 Å². The topological polar surface area (TPSA) is 84.3 Å². The molecule has 0 amide bonds.